The van der Waals surface area contributed by atoms with Crippen molar-refractivity contribution in [2.75, 3.05) is 0 Å². The van der Waals surface area contributed by atoms with Gasteiger partial charge in [0, 0.05) is 24.1 Å². The summed E-state index contributed by atoms with van der Waals surface area (Å²) in [6.07, 6.45) is 0.559. The SMILES string of the molecule is O=C1CCC(N2Cc3cc(-c4nc5ccccc5nc4Cl)ccc3C2=O)C(=O)N1. The molecule has 3 aromatic rings. The summed E-state index contributed by atoms with van der Waals surface area (Å²) in [5, 5.41) is 2.59. The van der Waals surface area contributed by atoms with Gasteiger partial charge < -0.3 is 4.90 Å². The van der Waals surface area contributed by atoms with Crippen LogP contribution in [0.3, 0.4) is 0 Å². The second kappa shape index (κ2) is 6.63. The van der Waals surface area contributed by atoms with Crippen LogP contribution in [0.4, 0.5) is 0 Å². The number of piperidine rings is 1. The van der Waals surface area contributed by atoms with Gasteiger partial charge in [0.25, 0.3) is 5.91 Å². The zero-order chi connectivity index (χ0) is 20.1. The molecule has 1 atom stereocenters. The number of halogens is 1. The number of benzene rings is 2. The molecule has 7 nitrogen and oxygen atoms in total. The first-order valence-corrected chi connectivity index (χ1v) is 9.59. The molecule has 1 unspecified atom stereocenters. The normalized spacial score (nSPS) is 18.9. The summed E-state index contributed by atoms with van der Waals surface area (Å²) in [5.41, 5.74) is 4.08. The van der Waals surface area contributed by atoms with Crippen LogP contribution in [-0.4, -0.2) is 38.6 Å². The maximum atomic E-state index is 12.8. The van der Waals surface area contributed by atoms with Gasteiger partial charge >= 0.3 is 0 Å². The number of nitrogens with one attached hydrogen (secondary N) is 1. The summed E-state index contributed by atoms with van der Waals surface area (Å²) >= 11 is 6.36. The van der Waals surface area contributed by atoms with E-state index in [9.17, 15) is 14.4 Å². The molecule has 0 spiro atoms. The molecule has 0 bridgehead atoms. The Morgan fingerprint density at radius 1 is 1.03 bits per heavy atom. The minimum absolute atomic E-state index is 0.211. The Kier molecular flexibility index (Phi) is 4.06. The Bertz CT molecular complexity index is 1210. The molecule has 0 radical (unpaired) electrons. The number of fused-ring (bicyclic) bond motifs is 2. The Balaban J connectivity index is 1.50. The summed E-state index contributed by atoms with van der Waals surface area (Å²) in [6, 6.07) is 12.2. The molecule has 5 rings (SSSR count). The average Bonchev–Trinajstić information content (AvgIpc) is 3.03. The fourth-order valence-electron chi connectivity index (χ4n) is 3.88. The van der Waals surface area contributed by atoms with Crippen molar-refractivity contribution in [3.05, 3.63) is 58.7 Å². The third kappa shape index (κ3) is 2.94. The highest BCUT2D eigenvalue weighted by Crippen LogP contribution is 2.33. The van der Waals surface area contributed by atoms with Crippen LogP contribution in [0, 0.1) is 0 Å². The van der Waals surface area contributed by atoms with Gasteiger partial charge in [-0.2, -0.15) is 0 Å². The van der Waals surface area contributed by atoms with Crippen LogP contribution in [0.1, 0.15) is 28.8 Å². The Morgan fingerprint density at radius 2 is 1.79 bits per heavy atom. The van der Waals surface area contributed by atoms with E-state index in [1.165, 1.54) is 4.90 Å². The minimum atomic E-state index is -0.639. The summed E-state index contributed by atoms with van der Waals surface area (Å²) < 4.78 is 0. The van der Waals surface area contributed by atoms with Gasteiger partial charge in [0.05, 0.1) is 11.0 Å². The first kappa shape index (κ1) is 17.8. The number of hydrogen-bond acceptors (Lipinski definition) is 5. The van der Waals surface area contributed by atoms with Crippen molar-refractivity contribution >= 4 is 40.4 Å². The van der Waals surface area contributed by atoms with Crippen LogP contribution in [0.5, 0.6) is 0 Å². The van der Waals surface area contributed by atoms with Gasteiger partial charge in [-0.1, -0.05) is 29.8 Å². The zero-order valence-electron chi connectivity index (χ0n) is 15.2. The topological polar surface area (TPSA) is 92.3 Å². The third-order valence-electron chi connectivity index (χ3n) is 5.32. The average molecular weight is 407 g/mol. The van der Waals surface area contributed by atoms with E-state index >= 15 is 0 Å². The lowest BCUT2D eigenvalue weighted by atomic mass is 10.0. The molecule has 3 heterocycles. The van der Waals surface area contributed by atoms with Crippen molar-refractivity contribution in [3.63, 3.8) is 0 Å². The van der Waals surface area contributed by atoms with E-state index in [0.29, 0.717) is 29.7 Å². The summed E-state index contributed by atoms with van der Waals surface area (Å²) in [4.78, 5) is 47.0. The molecular weight excluding hydrogens is 392 g/mol. The molecule has 2 aliphatic heterocycles. The summed E-state index contributed by atoms with van der Waals surface area (Å²) in [7, 11) is 0. The summed E-state index contributed by atoms with van der Waals surface area (Å²) in [6.45, 7) is 0.299. The monoisotopic (exact) mass is 406 g/mol. The molecule has 0 saturated carbocycles. The standard InChI is InChI=1S/C21H15ClN4O3/c22-19-18(23-14-3-1-2-4-15(14)24-19)11-5-6-13-12(9-11)10-26(21(13)29)16-7-8-17(27)25-20(16)28/h1-6,9,16H,7-8,10H2,(H,25,27,28). The number of hydrogen-bond donors (Lipinski definition) is 1. The summed E-state index contributed by atoms with van der Waals surface area (Å²) in [5.74, 6) is -0.940. The predicted octanol–water partition coefficient (Wildman–Crippen LogP) is 2.71. The van der Waals surface area contributed by atoms with E-state index in [-0.39, 0.29) is 23.4 Å². The van der Waals surface area contributed by atoms with E-state index in [1.807, 2.05) is 30.3 Å². The second-order valence-corrected chi connectivity index (χ2v) is 7.48. The Labute approximate surface area is 170 Å². The number of nitrogens with zero attached hydrogens (tertiary/aromatic N) is 3. The molecular formula is C21H15ClN4O3. The predicted molar refractivity (Wildman–Crippen MR) is 106 cm³/mol. The first-order chi connectivity index (χ1) is 14.0. The molecule has 1 aromatic heterocycles. The van der Waals surface area contributed by atoms with Crippen LogP contribution in [0.25, 0.3) is 22.3 Å². The molecule has 3 amide bonds. The number of aromatic nitrogens is 2. The second-order valence-electron chi connectivity index (χ2n) is 7.12. The van der Waals surface area contributed by atoms with Gasteiger partial charge in [0.2, 0.25) is 11.8 Å². The highest BCUT2D eigenvalue weighted by Gasteiger charge is 2.39. The van der Waals surface area contributed by atoms with Crippen molar-refractivity contribution < 1.29 is 14.4 Å². The lowest BCUT2D eigenvalue weighted by Gasteiger charge is -2.29. The molecule has 2 aromatic carbocycles. The van der Waals surface area contributed by atoms with Crippen LogP contribution >= 0.6 is 11.6 Å². The number of carbonyl (C=O) groups is 3. The smallest absolute Gasteiger partial charge is 0.255 e. The fourth-order valence-corrected chi connectivity index (χ4v) is 4.13. The maximum absolute atomic E-state index is 12.8. The molecule has 8 heteroatoms. The van der Waals surface area contributed by atoms with Gasteiger partial charge in [-0.15, -0.1) is 0 Å². The van der Waals surface area contributed by atoms with Crippen molar-refractivity contribution in [1.29, 1.82) is 0 Å². The Hall–Kier alpha value is -3.32. The lowest BCUT2D eigenvalue weighted by Crippen LogP contribution is -2.52. The molecule has 0 aliphatic carbocycles. The van der Waals surface area contributed by atoms with Gasteiger partial charge in [-0.25, -0.2) is 9.97 Å². The third-order valence-corrected chi connectivity index (χ3v) is 5.59. The highest BCUT2D eigenvalue weighted by molar-refractivity contribution is 6.32. The van der Waals surface area contributed by atoms with Crippen molar-refractivity contribution in [3.8, 4) is 11.3 Å². The molecule has 2 aliphatic rings. The van der Waals surface area contributed by atoms with Crippen molar-refractivity contribution in [2.24, 2.45) is 0 Å². The zero-order valence-corrected chi connectivity index (χ0v) is 15.9. The number of amides is 3. The van der Waals surface area contributed by atoms with Gasteiger partial charge in [0.1, 0.15) is 11.7 Å². The van der Waals surface area contributed by atoms with Crippen LogP contribution in [-0.2, 0) is 16.1 Å². The van der Waals surface area contributed by atoms with E-state index in [4.69, 9.17) is 11.6 Å². The lowest BCUT2D eigenvalue weighted by molar-refractivity contribution is -0.136. The molecule has 1 fully saturated rings. The van der Waals surface area contributed by atoms with Crippen LogP contribution in [0.2, 0.25) is 5.15 Å². The Morgan fingerprint density at radius 3 is 2.55 bits per heavy atom. The fraction of sp³-hybridized carbons (Fsp3) is 0.190. The number of rotatable bonds is 2. The number of imide groups is 1. The van der Waals surface area contributed by atoms with E-state index < -0.39 is 11.9 Å². The minimum Gasteiger partial charge on any atom is -0.322 e. The molecule has 1 saturated heterocycles. The van der Waals surface area contributed by atoms with Crippen LogP contribution in [0.15, 0.2) is 42.5 Å². The molecule has 29 heavy (non-hydrogen) atoms. The molecule has 1 N–H and O–H groups in total. The van der Waals surface area contributed by atoms with Gasteiger partial charge in [-0.05, 0) is 36.2 Å². The van der Waals surface area contributed by atoms with Crippen LogP contribution < -0.4 is 5.32 Å². The van der Waals surface area contributed by atoms with E-state index in [0.717, 1.165) is 16.6 Å². The van der Waals surface area contributed by atoms with Gasteiger partial charge in [0.15, 0.2) is 5.15 Å². The van der Waals surface area contributed by atoms with E-state index in [1.54, 1.807) is 12.1 Å². The van der Waals surface area contributed by atoms with Gasteiger partial charge in [-0.3, -0.25) is 19.7 Å². The number of carbonyl (C=O) groups excluding carboxylic acids is 3. The highest BCUT2D eigenvalue weighted by atomic mass is 35.5. The quantitative estimate of drug-likeness (QED) is 0.660. The van der Waals surface area contributed by atoms with Crippen molar-refractivity contribution in [2.45, 2.75) is 25.4 Å². The largest absolute Gasteiger partial charge is 0.322 e. The molecule has 144 valence electrons. The first-order valence-electron chi connectivity index (χ1n) is 9.21. The van der Waals surface area contributed by atoms with E-state index in [2.05, 4.69) is 15.3 Å². The van der Waals surface area contributed by atoms with Crippen molar-refractivity contribution in [1.82, 2.24) is 20.2 Å². The maximum Gasteiger partial charge on any atom is 0.255 e. The number of para-hydroxylation sites is 2.